The molecule has 1 fully saturated rings. The average Bonchev–Trinajstić information content (AvgIpc) is 2.48. The fourth-order valence-electron chi connectivity index (χ4n) is 2.58. The lowest BCUT2D eigenvalue weighted by Crippen LogP contribution is -2.49. The van der Waals surface area contributed by atoms with Crippen molar-refractivity contribution in [3.8, 4) is 5.75 Å². The molecule has 2 rings (SSSR count). The molecule has 6 nitrogen and oxygen atoms in total. The van der Waals surface area contributed by atoms with Crippen molar-refractivity contribution in [3.05, 3.63) is 24.0 Å². The molecule has 1 aliphatic rings. The minimum atomic E-state index is -0.0948. The van der Waals surface area contributed by atoms with Gasteiger partial charge in [-0.2, -0.15) is 0 Å². The van der Waals surface area contributed by atoms with E-state index in [4.69, 9.17) is 15.3 Å². The average molecular weight is 294 g/mol. The first-order valence-corrected chi connectivity index (χ1v) is 7.55. The van der Waals surface area contributed by atoms with Gasteiger partial charge in [-0.25, -0.2) is 0 Å². The second-order valence-corrected chi connectivity index (χ2v) is 5.57. The van der Waals surface area contributed by atoms with Gasteiger partial charge in [-0.3, -0.25) is 21.2 Å². The Hall–Kier alpha value is -1.21. The van der Waals surface area contributed by atoms with Crippen LogP contribution in [0.3, 0.4) is 0 Å². The normalized spacial score (nSPS) is 21.5. The van der Waals surface area contributed by atoms with Crippen LogP contribution in [0.5, 0.6) is 5.75 Å². The Bertz CT molecular complexity index is 441. The van der Waals surface area contributed by atoms with Crippen molar-refractivity contribution in [1.82, 2.24) is 15.3 Å². The van der Waals surface area contributed by atoms with Crippen molar-refractivity contribution in [2.24, 2.45) is 5.84 Å². The molecule has 0 radical (unpaired) electrons. The van der Waals surface area contributed by atoms with E-state index in [1.165, 1.54) is 0 Å². The third kappa shape index (κ3) is 4.38. The molecule has 0 amide bonds. The van der Waals surface area contributed by atoms with Gasteiger partial charge in [0.1, 0.15) is 5.75 Å². The van der Waals surface area contributed by atoms with Crippen LogP contribution in [0.25, 0.3) is 0 Å². The molecule has 0 saturated carbocycles. The van der Waals surface area contributed by atoms with E-state index < -0.39 is 0 Å². The fourth-order valence-corrected chi connectivity index (χ4v) is 2.58. The Morgan fingerprint density at radius 2 is 2.33 bits per heavy atom. The van der Waals surface area contributed by atoms with Gasteiger partial charge in [0, 0.05) is 19.3 Å². The molecule has 1 aliphatic heterocycles. The predicted molar refractivity (Wildman–Crippen MR) is 81.9 cm³/mol. The molecule has 3 N–H and O–H groups in total. The van der Waals surface area contributed by atoms with Gasteiger partial charge in [-0.05, 0) is 32.0 Å². The number of hydrogen-bond acceptors (Lipinski definition) is 6. The number of rotatable bonds is 6. The Kier molecular flexibility index (Phi) is 5.93. The van der Waals surface area contributed by atoms with E-state index in [1.807, 2.05) is 26.1 Å². The molecule has 1 saturated heterocycles. The van der Waals surface area contributed by atoms with Crippen LogP contribution in [-0.4, -0.2) is 48.3 Å². The van der Waals surface area contributed by atoms with Crippen molar-refractivity contribution in [1.29, 1.82) is 0 Å². The number of ether oxygens (including phenoxy) is 2. The summed E-state index contributed by atoms with van der Waals surface area (Å²) in [6.07, 6.45) is 3.66. The van der Waals surface area contributed by atoms with Gasteiger partial charge in [-0.1, -0.05) is 6.92 Å². The van der Waals surface area contributed by atoms with Gasteiger partial charge in [-0.15, -0.1) is 0 Å². The van der Waals surface area contributed by atoms with E-state index in [9.17, 15) is 0 Å². The third-order valence-electron chi connectivity index (χ3n) is 3.64. The first-order valence-electron chi connectivity index (χ1n) is 7.55. The summed E-state index contributed by atoms with van der Waals surface area (Å²) >= 11 is 0. The number of nitrogens with zero attached hydrogens (tertiary/aromatic N) is 2. The van der Waals surface area contributed by atoms with Crippen LogP contribution in [0.4, 0.5) is 0 Å². The first-order chi connectivity index (χ1) is 10.1. The predicted octanol–water partition coefficient (Wildman–Crippen LogP) is 1.09. The largest absolute Gasteiger partial charge is 0.489 e. The molecule has 0 aliphatic carbocycles. The summed E-state index contributed by atoms with van der Waals surface area (Å²) < 4.78 is 11.6. The van der Waals surface area contributed by atoms with Crippen molar-refractivity contribution in [2.45, 2.75) is 39.0 Å². The maximum absolute atomic E-state index is 5.89. The van der Waals surface area contributed by atoms with Gasteiger partial charge in [0.2, 0.25) is 0 Å². The van der Waals surface area contributed by atoms with E-state index in [-0.39, 0.29) is 18.2 Å². The highest BCUT2D eigenvalue weighted by Crippen LogP contribution is 2.24. The van der Waals surface area contributed by atoms with Crippen LogP contribution in [0.1, 0.15) is 32.4 Å². The molecule has 0 bridgehead atoms. The van der Waals surface area contributed by atoms with Crippen LogP contribution in [0, 0.1) is 0 Å². The van der Waals surface area contributed by atoms with Crippen molar-refractivity contribution < 1.29 is 9.47 Å². The highest BCUT2D eigenvalue weighted by Gasteiger charge is 2.28. The Balaban J connectivity index is 2.12. The Morgan fingerprint density at radius 1 is 1.52 bits per heavy atom. The molecule has 0 spiro atoms. The van der Waals surface area contributed by atoms with E-state index in [2.05, 4.69) is 22.2 Å². The second kappa shape index (κ2) is 7.70. The molecular formula is C15H26N4O2. The fraction of sp³-hybridized carbons (Fsp3) is 0.667. The Labute approximate surface area is 126 Å². The summed E-state index contributed by atoms with van der Waals surface area (Å²) in [5, 5.41) is 0. The third-order valence-corrected chi connectivity index (χ3v) is 3.64. The smallest absolute Gasteiger partial charge is 0.138 e. The highest BCUT2D eigenvalue weighted by atomic mass is 16.5. The number of aromatic nitrogens is 1. The quantitative estimate of drug-likeness (QED) is 0.604. The number of likely N-dealkylation sites (N-methyl/N-ethyl adjacent to an activating group) is 1. The lowest BCUT2D eigenvalue weighted by molar-refractivity contribution is -0.0457. The van der Waals surface area contributed by atoms with Gasteiger partial charge in [0.25, 0.3) is 0 Å². The number of hydrazine groups is 1. The van der Waals surface area contributed by atoms with Crippen molar-refractivity contribution in [2.75, 3.05) is 26.2 Å². The highest BCUT2D eigenvalue weighted by molar-refractivity contribution is 5.27. The van der Waals surface area contributed by atoms with E-state index in [0.29, 0.717) is 0 Å². The lowest BCUT2D eigenvalue weighted by Gasteiger charge is -2.36. The molecule has 118 valence electrons. The maximum Gasteiger partial charge on any atom is 0.138 e. The van der Waals surface area contributed by atoms with Crippen LogP contribution in [0.2, 0.25) is 0 Å². The van der Waals surface area contributed by atoms with E-state index in [0.717, 1.165) is 37.6 Å². The van der Waals surface area contributed by atoms with Crippen LogP contribution in [-0.2, 0) is 4.74 Å². The molecule has 2 heterocycles. The molecule has 2 unspecified atom stereocenters. The lowest BCUT2D eigenvalue weighted by atomic mass is 10.0. The molecular weight excluding hydrogens is 268 g/mol. The van der Waals surface area contributed by atoms with Crippen LogP contribution in [0.15, 0.2) is 18.5 Å². The molecule has 21 heavy (non-hydrogen) atoms. The minimum Gasteiger partial charge on any atom is -0.489 e. The standard InChI is InChI=1S/C15H26N4O2/c1-4-19-5-6-20-14(10-19)15(18-16)12-7-13(9-17-8-12)21-11(2)3/h7-9,11,14-15,18H,4-6,10,16H2,1-3H3. The second-order valence-electron chi connectivity index (χ2n) is 5.57. The Morgan fingerprint density at radius 3 is 3.00 bits per heavy atom. The molecule has 0 aromatic carbocycles. The minimum absolute atomic E-state index is 0.0137. The summed E-state index contributed by atoms with van der Waals surface area (Å²) in [5.74, 6) is 6.51. The monoisotopic (exact) mass is 294 g/mol. The first kappa shape index (κ1) is 16.2. The van der Waals surface area contributed by atoms with E-state index in [1.54, 1.807) is 6.20 Å². The molecule has 6 heteroatoms. The zero-order valence-electron chi connectivity index (χ0n) is 13.1. The number of pyridine rings is 1. The van der Waals surface area contributed by atoms with Gasteiger partial charge in [0.15, 0.2) is 0 Å². The number of nitrogens with two attached hydrogens (primary N) is 1. The molecule has 2 atom stereocenters. The molecule has 1 aromatic rings. The van der Waals surface area contributed by atoms with Gasteiger partial charge < -0.3 is 9.47 Å². The zero-order valence-corrected chi connectivity index (χ0v) is 13.1. The van der Waals surface area contributed by atoms with Gasteiger partial charge in [0.05, 0.1) is 31.1 Å². The SMILES string of the molecule is CCN1CCOC(C(NN)c2cncc(OC(C)C)c2)C1. The number of nitrogens with one attached hydrogen (secondary N) is 1. The summed E-state index contributed by atoms with van der Waals surface area (Å²) in [7, 11) is 0. The number of hydrogen-bond donors (Lipinski definition) is 2. The molecule has 1 aromatic heterocycles. The zero-order chi connectivity index (χ0) is 15.2. The summed E-state index contributed by atoms with van der Waals surface area (Å²) in [5.41, 5.74) is 3.85. The van der Waals surface area contributed by atoms with Crippen molar-refractivity contribution in [3.63, 3.8) is 0 Å². The topological polar surface area (TPSA) is 72.6 Å². The van der Waals surface area contributed by atoms with Crippen LogP contribution < -0.4 is 16.0 Å². The van der Waals surface area contributed by atoms with Crippen molar-refractivity contribution >= 4 is 0 Å². The van der Waals surface area contributed by atoms with Gasteiger partial charge >= 0.3 is 0 Å². The maximum atomic E-state index is 5.89. The van der Waals surface area contributed by atoms with Crippen LogP contribution >= 0.6 is 0 Å². The summed E-state index contributed by atoms with van der Waals surface area (Å²) in [6, 6.07) is 1.88. The summed E-state index contributed by atoms with van der Waals surface area (Å²) in [4.78, 5) is 6.61. The summed E-state index contributed by atoms with van der Waals surface area (Å²) in [6.45, 7) is 9.73. The number of morpholine rings is 1. The van der Waals surface area contributed by atoms with E-state index >= 15 is 0 Å².